The minimum atomic E-state index is -2.49. The van der Waals surface area contributed by atoms with Crippen molar-refractivity contribution < 1.29 is 12.9 Å². The lowest BCUT2D eigenvalue weighted by molar-refractivity contribution is 0.186. The molecule has 11 heavy (non-hydrogen) atoms. The van der Waals surface area contributed by atoms with Crippen LogP contribution in [0.15, 0.2) is 0 Å². The van der Waals surface area contributed by atoms with Gasteiger partial charge in [-0.15, -0.1) is 0 Å². The van der Waals surface area contributed by atoms with Gasteiger partial charge in [0.05, 0.1) is 17.5 Å². The molecule has 0 spiro atoms. The van der Waals surface area contributed by atoms with Gasteiger partial charge in [-0.05, 0) is 19.9 Å². The van der Waals surface area contributed by atoms with Crippen LogP contribution in [0.25, 0.3) is 0 Å². The molecule has 68 valence electrons. The highest BCUT2D eigenvalue weighted by Crippen LogP contribution is 2.00. The lowest BCUT2D eigenvalue weighted by atomic mass is 10.1. The molecule has 3 unspecified atom stereocenters. The van der Waals surface area contributed by atoms with E-state index in [1.54, 1.807) is 6.92 Å². The maximum atomic E-state index is 10.0. The van der Waals surface area contributed by atoms with Crippen molar-refractivity contribution in [3.8, 4) is 0 Å². The van der Waals surface area contributed by atoms with Gasteiger partial charge in [-0.3, -0.25) is 4.18 Å². The highest BCUT2D eigenvalue weighted by atomic mass is 32.2. The fourth-order valence-electron chi connectivity index (χ4n) is 0.622. The predicted octanol–water partition coefficient (Wildman–Crippen LogP) is -1.14. The lowest BCUT2D eigenvalue weighted by Gasteiger charge is -2.19. The predicted molar refractivity (Wildman–Crippen MR) is 41.1 cm³/mol. The summed E-state index contributed by atoms with van der Waals surface area (Å²) in [6.45, 7) is 2.02. The quantitative estimate of drug-likeness (QED) is 0.522. The fourth-order valence-corrected chi connectivity index (χ4v) is 1.01. The normalized spacial score (nSPS) is 19.3. The standard InChI is InChI=1S/C5H14N2O3S/c1-4(10-11(8)9)5(7)2-3-6/h4-5H,2-3,6-7H2,1H3,(H,8,9)/p-1. The van der Waals surface area contributed by atoms with Gasteiger partial charge < -0.3 is 16.0 Å². The first kappa shape index (κ1) is 11.0. The number of hydrogen-bond acceptors (Lipinski definition) is 5. The number of nitrogens with two attached hydrogens (primary N) is 2. The second kappa shape index (κ2) is 5.62. The van der Waals surface area contributed by atoms with Crippen molar-refractivity contribution in [1.82, 2.24) is 0 Å². The van der Waals surface area contributed by atoms with Crippen molar-refractivity contribution in [3.05, 3.63) is 0 Å². The van der Waals surface area contributed by atoms with Gasteiger partial charge >= 0.3 is 0 Å². The Kier molecular flexibility index (Phi) is 5.61. The van der Waals surface area contributed by atoms with E-state index in [1.165, 1.54) is 0 Å². The molecule has 5 nitrogen and oxygen atoms in total. The van der Waals surface area contributed by atoms with Crippen LogP contribution in [0.5, 0.6) is 0 Å². The molecule has 0 aromatic heterocycles. The van der Waals surface area contributed by atoms with Gasteiger partial charge in [0, 0.05) is 6.04 Å². The summed E-state index contributed by atoms with van der Waals surface area (Å²) in [6.07, 6.45) is 0.0510. The van der Waals surface area contributed by atoms with Gasteiger partial charge in [0.15, 0.2) is 0 Å². The van der Waals surface area contributed by atoms with Crippen LogP contribution in [0.1, 0.15) is 13.3 Å². The molecule has 3 atom stereocenters. The third kappa shape index (κ3) is 5.28. The van der Waals surface area contributed by atoms with E-state index in [1.807, 2.05) is 0 Å². The van der Waals surface area contributed by atoms with E-state index in [-0.39, 0.29) is 6.04 Å². The average molecular weight is 181 g/mol. The lowest BCUT2D eigenvalue weighted by Crippen LogP contribution is -2.36. The van der Waals surface area contributed by atoms with Gasteiger partial charge in [0.1, 0.15) is 0 Å². The molecule has 0 aliphatic heterocycles. The Bertz CT molecular complexity index is 133. The molecule has 6 heteroatoms. The summed E-state index contributed by atoms with van der Waals surface area (Å²) in [6, 6.07) is -0.321. The molecular formula is C5H13N2O3S-. The van der Waals surface area contributed by atoms with Crippen molar-refractivity contribution >= 4 is 11.4 Å². The maximum Gasteiger partial charge on any atom is 0.0860 e. The molecule has 0 fully saturated rings. The van der Waals surface area contributed by atoms with E-state index in [4.69, 9.17) is 11.5 Å². The molecule has 0 heterocycles. The van der Waals surface area contributed by atoms with Crippen LogP contribution >= 0.6 is 0 Å². The van der Waals surface area contributed by atoms with Crippen LogP contribution in [-0.2, 0) is 15.5 Å². The molecule has 0 bridgehead atoms. The first-order valence-corrected chi connectivity index (χ1v) is 4.30. The molecule has 0 saturated carbocycles. The van der Waals surface area contributed by atoms with Gasteiger partial charge in [-0.25, -0.2) is 4.21 Å². The van der Waals surface area contributed by atoms with E-state index >= 15 is 0 Å². The summed E-state index contributed by atoms with van der Waals surface area (Å²) in [5.74, 6) is 0. The summed E-state index contributed by atoms with van der Waals surface area (Å²) >= 11 is -2.49. The van der Waals surface area contributed by atoms with Crippen LogP contribution in [0.4, 0.5) is 0 Å². The van der Waals surface area contributed by atoms with Crippen LogP contribution in [0.2, 0.25) is 0 Å². The van der Waals surface area contributed by atoms with Gasteiger partial charge in [-0.1, -0.05) is 0 Å². The van der Waals surface area contributed by atoms with E-state index in [0.717, 1.165) is 0 Å². The van der Waals surface area contributed by atoms with Crippen molar-refractivity contribution in [2.24, 2.45) is 11.5 Å². The minimum absolute atomic E-state index is 0.321. The minimum Gasteiger partial charge on any atom is -0.750 e. The summed E-state index contributed by atoms with van der Waals surface area (Å²) in [7, 11) is 0. The van der Waals surface area contributed by atoms with Crippen LogP contribution in [0.3, 0.4) is 0 Å². The SMILES string of the molecule is CC(OS(=O)[O-])C(N)CCN. The summed E-state index contributed by atoms with van der Waals surface area (Å²) in [5.41, 5.74) is 10.7. The summed E-state index contributed by atoms with van der Waals surface area (Å²) < 4.78 is 24.4. The molecule has 0 aliphatic carbocycles. The van der Waals surface area contributed by atoms with Gasteiger partial charge in [-0.2, -0.15) is 0 Å². The summed E-state index contributed by atoms with van der Waals surface area (Å²) in [4.78, 5) is 0. The molecule has 0 aromatic carbocycles. The molecule has 0 aromatic rings. The Morgan fingerprint density at radius 1 is 1.73 bits per heavy atom. The zero-order valence-corrected chi connectivity index (χ0v) is 7.17. The highest BCUT2D eigenvalue weighted by Gasteiger charge is 2.12. The van der Waals surface area contributed by atoms with Crippen LogP contribution < -0.4 is 11.5 Å². The van der Waals surface area contributed by atoms with Crippen molar-refractivity contribution in [2.75, 3.05) is 6.54 Å². The number of hydrogen-bond donors (Lipinski definition) is 2. The molecule has 0 rings (SSSR count). The van der Waals surface area contributed by atoms with E-state index in [9.17, 15) is 8.76 Å². The zero-order valence-electron chi connectivity index (χ0n) is 6.36. The number of rotatable bonds is 5. The molecule has 0 radical (unpaired) electrons. The second-order valence-corrected chi connectivity index (χ2v) is 2.85. The molecule has 0 amide bonds. The Morgan fingerprint density at radius 2 is 2.27 bits per heavy atom. The Labute approximate surface area is 68.6 Å². The molecule has 0 saturated heterocycles. The zero-order chi connectivity index (χ0) is 8.85. The summed E-state index contributed by atoms with van der Waals surface area (Å²) in [5, 5.41) is 0. The van der Waals surface area contributed by atoms with Crippen LogP contribution in [0, 0.1) is 0 Å². The van der Waals surface area contributed by atoms with Crippen molar-refractivity contribution in [1.29, 1.82) is 0 Å². The van der Waals surface area contributed by atoms with Gasteiger partial charge in [0.25, 0.3) is 0 Å². The monoisotopic (exact) mass is 181 g/mol. The average Bonchev–Trinajstić information content (AvgIpc) is 1.86. The Morgan fingerprint density at radius 3 is 2.64 bits per heavy atom. The van der Waals surface area contributed by atoms with Gasteiger partial charge in [0.2, 0.25) is 0 Å². The topological polar surface area (TPSA) is 101 Å². The molecular weight excluding hydrogens is 168 g/mol. The smallest absolute Gasteiger partial charge is 0.0860 e. The first-order valence-electron chi connectivity index (χ1n) is 3.30. The third-order valence-corrected chi connectivity index (χ3v) is 1.79. The maximum absolute atomic E-state index is 10.0. The van der Waals surface area contributed by atoms with Crippen molar-refractivity contribution in [2.45, 2.75) is 25.5 Å². The van der Waals surface area contributed by atoms with E-state index < -0.39 is 17.5 Å². The largest absolute Gasteiger partial charge is 0.750 e. The van der Waals surface area contributed by atoms with Crippen molar-refractivity contribution in [3.63, 3.8) is 0 Å². The van der Waals surface area contributed by atoms with E-state index in [2.05, 4.69) is 4.18 Å². The Balaban J connectivity index is 3.63. The molecule has 0 aliphatic rings. The first-order chi connectivity index (χ1) is 5.07. The highest BCUT2D eigenvalue weighted by molar-refractivity contribution is 7.74. The second-order valence-electron chi connectivity index (χ2n) is 2.25. The third-order valence-electron chi connectivity index (χ3n) is 1.33. The molecule has 4 N–H and O–H groups in total. The van der Waals surface area contributed by atoms with Crippen LogP contribution in [-0.4, -0.2) is 27.5 Å². The fraction of sp³-hybridized carbons (Fsp3) is 1.00. The van der Waals surface area contributed by atoms with E-state index in [0.29, 0.717) is 13.0 Å². The Hall–Kier alpha value is -0.0100.